The molecule has 0 aliphatic carbocycles. The molecule has 3 N–H and O–H groups in total. The molecule has 1 aromatic heterocycles. The molecule has 0 saturated heterocycles. The summed E-state index contributed by atoms with van der Waals surface area (Å²) in [7, 11) is 0. The van der Waals surface area contributed by atoms with Crippen LogP contribution in [0.15, 0.2) is 30.5 Å². The van der Waals surface area contributed by atoms with E-state index >= 15 is 0 Å². The third kappa shape index (κ3) is 2.54. The lowest BCUT2D eigenvalue weighted by Crippen LogP contribution is -2.42. The summed E-state index contributed by atoms with van der Waals surface area (Å²) in [6.45, 7) is 0.848. The Morgan fingerprint density at radius 2 is 2.00 bits per heavy atom. The van der Waals surface area contributed by atoms with E-state index in [-0.39, 0.29) is 24.6 Å². The van der Waals surface area contributed by atoms with Crippen molar-refractivity contribution in [3.63, 3.8) is 0 Å². The van der Waals surface area contributed by atoms with Crippen molar-refractivity contribution in [2.75, 3.05) is 18.5 Å². The number of hydrogen-bond acceptors (Lipinski definition) is 6. The summed E-state index contributed by atoms with van der Waals surface area (Å²) in [5, 5.41) is 33.2. The molecule has 106 valence electrons. The molecule has 0 amide bonds. The molecule has 0 aliphatic rings. The summed E-state index contributed by atoms with van der Waals surface area (Å²) < 4.78 is 0. The van der Waals surface area contributed by atoms with Crippen molar-refractivity contribution >= 4 is 22.3 Å². The van der Waals surface area contributed by atoms with Gasteiger partial charge in [0.05, 0.1) is 29.2 Å². The first-order chi connectivity index (χ1) is 9.50. The zero-order chi connectivity index (χ0) is 14.8. The quantitative estimate of drug-likeness (QED) is 0.561. The molecule has 20 heavy (non-hydrogen) atoms. The molecule has 2 aromatic rings. The second-order valence-corrected chi connectivity index (χ2v) is 4.79. The number of nitrogens with one attached hydrogen (secondary N) is 1. The maximum absolute atomic E-state index is 11.1. The Kier molecular flexibility index (Phi) is 3.82. The maximum atomic E-state index is 11.1. The van der Waals surface area contributed by atoms with Gasteiger partial charge in [0, 0.05) is 5.39 Å². The molecule has 0 radical (unpaired) electrons. The van der Waals surface area contributed by atoms with E-state index in [1.54, 1.807) is 31.2 Å². The summed E-state index contributed by atoms with van der Waals surface area (Å²) in [4.78, 5) is 14.6. The van der Waals surface area contributed by atoms with Gasteiger partial charge in [-0.15, -0.1) is 0 Å². The minimum Gasteiger partial charge on any atom is -0.394 e. The number of pyridine rings is 1. The number of benzene rings is 1. The summed E-state index contributed by atoms with van der Waals surface area (Å²) in [5.74, 6) is 0. The summed E-state index contributed by atoms with van der Waals surface area (Å²) in [6.07, 6.45) is 1.17. The van der Waals surface area contributed by atoms with E-state index in [1.807, 2.05) is 0 Å². The van der Waals surface area contributed by atoms with Crippen LogP contribution in [-0.2, 0) is 0 Å². The van der Waals surface area contributed by atoms with E-state index in [0.717, 1.165) is 0 Å². The van der Waals surface area contributed by atoms with Crippen molar-refractivity contribution in [3.8, 4) is 0 Å². The molecule has 0 bridgehead atoms. The second-order valence-electron chi connectivity index (χ2n) is 4.79. The molecule has 7 heteroatoms. The van der Waals surface area contributed by atoms with Gasteiger partial charge in [0.15, 0.2) is 0 Å². The predicted octanol–water partition coefficient (Wildman–Crippen LogP) is 1.30. The number of nitrogens with zero attached hydrogens (tertiary/aromatic N) is 2. The third-order valence-electron chi connectivity index (χ3n) is 3.08. The standard InChI is InChI=1S/C13H15N3O4/c1-13(7-17,8-18)15-12-9-4-2-3-5-10(9)14-6-11(12)16(19)20/h2-6,17-18H,7-8H2,1H3,(H,14,15). The van der Waals surface area contributed by atoms with Gasteiger partial charge in [-0.1, -0.05) is 18.2 Å². The number of anilines is 1. The van der Waals surface area contributed by atoms with Crippen LogP contribution in [0.25, 0.3) is 10.9 Å². The van der Waals surface area contributed by atoms with E-state index in [1.165, 1.54) is 6.20 Å². The van der Waals surface area contributed by atoms with Crippen LogP contribution in [0.3, 0.4) is 0 Å². The van der Waals surface area contributed by atoms with Crippen molar-refractivity contribution in [1.82, 2.24) is 4.98 Å². The Morgan fingerprint density at radius 1 is 1.35 bits per heavy atom. The van der Waals surface area contributed by atoms with Crippen LogP contribution in [0.5, 0.6) is 0 Å². The highest BCUT2D eigenvalue weighted by Crippen LogP contribution is 2.33. The van der Waals surface area contributed by atoms with Gasteiger partial charge in [0.1, 0.15) is 11.9 Å². The lowest BCUT2D eigenvalue weighted by atomic mass is 10.0. The van der Waals surface area contributed by atoms with Gasteiger partial charge < -0.3 is 15.5 Å². The first-order valence-electron chi connectivity index (χ1n) is 6.03. The number of aliphatic hydroxyl groups excluding tert-OH is 2. The van der Waals surface area contributed by atoms with Gasteiger partial charge in [-0.25, -0.2) is 4.98 Å². The van der Waals surface area contributed by atoms with Gasteiger partial charge >= 0.3 is 5.69 Å². The van der Waals surface area contributed by atoms with Crippen molar-refractivity contribution in [1.29, 1.82) is 0 Å². The van der Waals surface area contributed by atoms with E-state index < -0.39 is 10.5 Å². The first-order valence-corrected chi connectivity index (χ1v) is 6.03. The van der Waals surface area contributed by atoms with Crippen molar-refractivity contribution in [2.24, 2.45) is 0 Å². The monoisotopic (exact) mass is 277 g/mol. The van der Waals surface area contributed by atoms with Crippen LogP contribution in [0.4, 0.5) is 11.4 Å². The average Bonchev–Trinajstić information content (AvgIpc) is 2.47. The Hall–Kier alpha value is -2.25. The third-order valence-corrected chi connectivity index (χ3v) is 3.08. The number of aliphatic hydroxyl groups is 2. The average molecular weight is 277 g/mol. The first kappa shape index (κ1) is 14.2. The molecule has 1 aromatic carbocycles. The van der Waals surface area contributed by atoms with Crippen LogP contribution < -0.4 is 5.32 Å². The lowest BCUT2D eigenvalue weighted by molar-refractivity contribution is -0.384. The highest BCUT2D eigenvalue weighted by molar-refractivity contribution is 5.95. The molecule has 0 spiro atoms. The Balaban J connectivity index is 2.64. The van der Waals surface area contributed by atoms with Crippen molar-refractivity contribution in [2.45, 2.75) is 12.5 Å². The van der Waals surface area contributed by atoms with Gasteiger partial charge in [0.25, 0.3) is 0 Å². The molecular formula is C13H15N3O4. The normalized spacial score (nSPS) is 11.6. The largest absolute Gasteiger partial charge is 0.394 e. The molecule has 0 fully saturated rings. The summed E-state index contributed by atoms with van der Waals surface area (Å²) in [5.41, 5.74) is -0.420. The molecule has 0 unspecified atom stereocenters. The number of nitro groups is 1. The number of fused-ring (bicyclic) bond motifs is 1. The summed E-state index contributed by atoms with van der Waals surface area (Å²) in [6, 6.07) is 6.96. The van der Waals surface area contributed by atoms with Gasteiger partial charge in [-0.2, -0.15) is 0 Å². The fourth-order valence-corrected chi connectivity index (χ4v) is 1.83. The Labute approximate surface area is 115 Å². The fourth-order valence-electron chi connectivity index (χ4n) is 1.83. The van der Waals surface area contributed by atoms with Crippen molar-refractivity contribution < 1.29 is 15.1 Å². The Bertz CT molecular complexity index is 641. The lowest BCUT2D eigenvalue weighted by Gasteiger charge is -2.27. The van der Waals surface area contributed by atoms with E-state index in [9.17, 15) is 20.3 Å². The topological polar surface area (TPSA) is 109 Å². The zero-order valence-electron chi connectivity index (χ0n) is 10.9. The smallest absolute Gasteiger partial charge is 0.311 e. The van der Waals surface area contributed by atoms with E-state index in [4.69, 9.17) is 0 Å². The van der Waals surface area contributed by atoms with Gasteiger partial charge in [-0.05, 0) is 13.0 Å². The van der Waals surface area contributed by atoms with E-state index in [2.05, 4.69) is 10.3 Å². The molecular weight excluding hydrogens is 262 g/mol. The molecule has 2 rings (SSSR count). The van der Waals surface area contributed by atoms with Crippen LogP contribution in [0.2, 0.25) is 0 Å². The van der Waals surface area contributed by atoms with Gasteiger partial charge in [0.2, 0.25) is 0 Å². The summed E-state index contributed by atoms with van der Waals surface area (Å²) >= 11 is 0. The predicted molar refractivity (Wildman–Crippen MR) is 74.6 cm³/mol. The van der Waals surface area contributed by atoms with Crippen molar-refractivity contribution in [3.05, 3.63) is 40.6 Å². The number of hydrogen-bond donors (Lipinski definition) is 3. The van der Waals surface area contributed by atoms with Crippen LogP contribution >= 0.6 is 0 Å². The molecule has 1 heterocycles. The molecule has 0 aliphatic heterocycles. The highest BCUT2D eigenvalue weighted by atomic mass is 16.6. The molecule has 7 nitrogen and oxygen atoms in total. The zero-order valence-corrected chi connectivity index (χ0v) is 10.9. The highest BCUT2D eigenvalue weighted by Gasteiger charge is 2.27. The minimum atomic E-state index is -1.06. The molecule has 0 saturated carbocycles. The number of aromatic nitrogens is 1. The fraction of sp³-hybridized carbons (Fsp3) is 0.308. The SMILES string of the molecule is CC(CO)(CO)Nc1c([N+](=O)[O-])cnc2ccccc12. The van der Waals surface area contributed by atoms with Crippen LogP contribution in [-0.4, -0.2) is 38.9 Å². The molecule has 0 atom stereocenters. The van der Waals surface area contributed by atoms with E-state index in [0.29, 0.717) is 10.9 Å². The number of para-hydroxylation sites is 1. The van der Waals surface area contributed by atoms with Crippen LogP contribution in [0.1, 0.15) is 6.92 Å². The van der Waals surface area contributed by atoms with Crippen LogP contribution in [0, 0.1) is 10.1 Å². The minimum absolute atomic E-state index is 0.197. The van der Waals surface area contributed by atoms with Gasteiger partial charge in [-0.3, -0.25) is 10.1 Å². The number of rotatable bonds is 5. The Morgan fingerprint density at radius 3 is 2.60 bits per heavy atom. The maximum Gasteiger partial charge on any atom is 0.311 e. The second kappa shape index (κ2) is 5.40.